The van der Waals surface area contributed by atoms with Crippen LogP contribution in [0.2, 0.25) is 0 Å². The molecule has 1 saturated heterocycles. The topological polar surface area (TPSA) is 138 Å². The van der Waals surface area contributed by atoms with Crippen LogP contribution in [0.15, 0.2) is 84.3 Å². The van der Waals surface area contributed by atoms with E-state index in [1.54, 1.807) is 11.8 Å². The van der Waals surface area contributed by atoms with Gasteiger partial charge in [0.15, 0.2) is 11.4 Å². The number of carbonyl (C=O) groups excluding carboxylic acids is 2. The molecule has 47 heavy (non-hydrogen) atoms. The van der Waals surface area contributed by atoms with E-state index in [0.29, 0.717) is 25.3 Å². The van der Waals surface area contributed by atoms with Gasteiger partial charge in [-0.3, -0.25) is 14.7 Å². The average Bonchev–Trinajstić information content (AvgIpc) is 3.62. The number of amides is 2. The molecule has 11 heteroatoms. The molecule has 2 heterocycles. The van der Waals surface area contributed by atoms with Crippen LogP contribution in [0, 0.1) is 5.92 Å². The summed E-state index contributed by atoms with van der Waals surface area (Å²) in [5.74, 6) is 0.723. The Labute approximate surface area is 280 Å². The fraction of sp³-hybridized carbons (Fsp3) is 0.389. The molecule has 3 aromatic carbocycles. The van der Waals surface area contributed by atoms with Crippen LogP contribution < -0.4 is 10.6 Å². The Morgan fingerprint density at radius 2 is 1.70 bits per heavy atom. The van der Waals surface area contributed by atoms with Crippen LogP contribution in [0.1, 0.15) is 74.2 Å². The maximum absolute atomic E-state index is 12.4. The van der Waals surface area contributed by atoms with E-state index >= 15 is 0 Å². The molecular weight excluding hydrogens is 614 g/mol. The first kappa shape index (κ1) is 34.3. The van der Waals surface area contributed by atoms with Crippen molar-refractivity contribution >= 4 is 23.6 Å². The van der Waals surface area contributed by atoms with Crippen LogP contribution >= 0.6 is 11.8 Å². The Morgan fingerprint density at radius 3 is 2.45 bits per heavy atom. The van der Waals surface area contributed by atoms with Crippen LogP contribution in [-0.4, -0.2) is 50.5 Å². The first-order valence-electron chi connectivity index (χ1n) is 16.1. The van der Waals surface area contributed by atoms with Crippen LogP contribution in [0.4, 0.5) is 0 Å². The number of nitrogens with zero attached hydrogens (tertiary/aromatic N) is 2. The summed E-state index contributed by atoms with van der Waals surface area (Å²) in [4.78, 5) is 27.6. The molecule has 1 fully saturated rings. The number of aliphatic hydroxyl groups excluding tert-OH is 1. The molecule has 4 aromatic rings. The van der Waals surface area contributed by atoms with Crippen LogP contribution in [-0.2, 0) is 32.2 Å². The lowest BCUT2D eigenvalue weighted by atomic mass is 9.91. The first-order chi connectivity index (χ1) is 22.9. The Morgan fingerprint density at radius 1 is 0.915 bits per heavy atom. The van der Waals surface area contributed by atoms with E-state index in [-0.39, 0.29) is 36.5 Å². The lowest BCUT2D eigenvalue weighted by Crippen LogP contribution is -2.38. The van der Waals surface area contributed by atoms with Gasteiger partial charge in [0.05, 0.1) is 18.8 Å². The Hall–Kier alpha value is -4.03. The molecule has 248 valence electrons. The van der Waals surface area contributed by atoms with Gasteiger partial charge in [-0.2, -0.15) is 5.10 Å². The third kappa shape index (κ3) is 9.98. The van der Waals surface area contributed by atoms with Gasteiger partial charge in [0.1, 0.15) is 6.33 Å². The van der Waals surface area contributed by atoms with E-state index in [2.05, 4.69) is 57.0 Å². The predicted molar refractivity (Wildman–Crippen MR) is 181 cm³/mol. The third-order valence-corrected chi connectivity index (χ3v) is 9.23. The zero-order valence-electron chi connectivity index (χ0n) is 26.9. The minimum Gasteiger partial charge on any atom is -0.392 e. The van der Waals surface area contributed by atoms with E-state index < -0.39 is 6.29 Å². The lowest BCUT2D eigenvalue weighted by Gasteiger charge is -2.41. The molecule has 0 bridgehead atoms. The number of aromatic amines is 1. The van der Waals surface area contributed by atoms with E-state index in [1.165, 1.54) is 13.3 Å². The van der Waals surface area contributed by atoms with Gasteiger partial charge in [-0.15, -0.1) is 0 Å². The fourth-order valence-electron chi connectivity index (χ4n) is 5.60. The van der Waals surface area contributed by atoms with Gasteiger partial charge in [0.25, 0.3) is 0 Å². The van der Waals surface area contributed by atoms with Gasteiger partial charge in [-0.1, -0.05) is 85.8 Å². The normalized spacial score (nSPS) is 19.3. The molecule has 0 aliphatic carbocycles. The molecule has 1 aliphatic heterocycles. The Balaban J connectivity index is 1.25. The summed E-state index contributed by atoms with van der Waals surface area (Å²) in [5, 5.41) is 23.0. The molecule has 0 unspecified atom stereocenters. The number of hydrogen-bond donors (Lipinski definition) is 4. The molecule has 5 rings (SSSR count). The SMILES string of the molecule is CC(=O)NCCCCCC(=O)NCc1cccc(-c2cccc([C@@H]3O[C@H](CSc4ncn[nH]4)[C@H](C)[C@H](c4ccc(CO)cc4)O3)c2)c1. The van der Waals surface area contributed by atoms with E-state index in [9.17, 15) is 14.7 Å². The Kier molecular flexibility index (Phi) is 12.6. The molecule has 10 nitrogen and oxygen atoms in total. The van der Waals surface area contributed by atoms with E-state index in [0.717, 1.165) is 57.8 Å². The van der Waals surface area contributed by atoms with Crippen molar-refractivity contribution in [3.05, 3.63) is 101 Å². The Bertz CT molecular complexity index is 1580. The number of unbranched alkanes of at least 4 members (excludes halogenated alkanes) is 2. The second kappa shape index (κ2) is 17.2. The summed E-state index contributed by atoms with van der Waals surface area (Å²) in [6, 6.07) is 24.3. The number of aromatic nitrogens is 3. The number of hydrogen-bond acceptors (Lipinski definition) is 8. The lowest BCUT2D eigenvalue weighted by molar-refractivity contribution is -0.268. The van der Waals surface area contributed by atoms with E-state index in [1.807, 2.05) is 48.5 Å². The van der Waals surface area contributed by atoms with Crippen molar-refractivity contribution in [1.29, 1.82) is 0 Å². The van der Waals surface area contributed by atoms with Gasteiger partial charge in [0.2, 0.25) is 11.8 Å². The summed E-state index contributed by atoms with van der Waals surface area (Å²) >= 11 is 1.57. The molecule has 0 spiro atoms. The number of H-pyrrole nitrogens is 1. The monoisotopic (exact) mass is 657 g/mol. The standard InChI is InChI=1S/C36H43N5O5S/c1-24-32(22-47-36-39-23-40-41-36)45-35(46-34(24)28-15-13-26(21-42)14-16-28)31-11-7-10-30(19-31)29-9-6-8-27(18-29)20-38-33(44)12-4-3-5-17-37-25(2)43/h6-11,13-16,18-19,23-24,32,34-35,42H,3-5,12,17,20-22H2,1-2H3,(H,37,43)(H,38,44)(H,39,40,41)/t24-,32+,34+,35+/m0/s1. The maximum Gasteiger partial charge on any atom is 0.220 e. The minimum atomic E-state index is -0.588. The largest absolute Gasteiger partial charge is 0.392 e. The van der Waals surface area contributed by atoms with Crippen molar-refractivity contribution in [1.82, 2.24) is 25.8 Å². The molecule has 2 amide bonds. The van der Waals surface area contributed by atoms with Gasteiger partial charge in [-0.25, -0.2) is 4.98 Å². The highest BCUT2D eigenvalue weighted by Gasteiger charge is 2.38. The predicted octanol–water partition coefficient (Wildman–Crippen LogP) is 5.86. The first-order valence-corrected chi connectivity index (χ1v) is 17.1. The van der Waals surface area contributed by atoms with Gasteiger partial charge < -0.3 is 25.2 Å². The summed E-state index contributed by atoms with van der Waals surface area (Å²) in [7, 11) is 0. The zero-order valence-corrected chi connectivity index (χ0v) is 27.7. The average molecular weight is 658 g/mol. The number of carbonyl (C=O) groups is 2. The highest BCUT2D eigenvalue weighted by atomic mass is 32.2. The second-order valence-electron chi connectivity index (χ2n) is 11.8. The van der Waals surface area contributed by atoms with Crippen LogP contribution in [0.25, 0.3) is 11.1 Å². The molecule has 1 aromatic heterocycles. The molecular formula is C36H43N5O5S. The minimum absolute atomic E-state index is 0.00791. The second-order valence-corrected chi connectivity index (χ2v) is 12.8. The maximum atomic E-state index is 12.4. The number of benzene rings is 3. The van der Waals surface area contributed by atoms with Crippen LogP contribution in [0.5, 0.6) is 0 Å². The quantitative estimate of drug-likeness (QED) is 0.0922. The number of ether oxygens (including phenoxy) is 2. The number of thioether (sulfide) groups is 1. The van der Waals surface area contributed by atoms with E-state index in [4.69, 9.17) is 9.47 Å². The summed E-state index contributed by atoms with van der Waals surface area (Å²) in [5.41, 5.74) is 5.88. The molecule has 1 aliphatic rings. The number of rotatable bonds is 15. The molecule has 4 N–H and O–H groups in total. The van der Waals surface area contributed by atoms with Gasteiger partial charge in [-0.05, 0) is 52.8 Å². The smallest absolute Gasteiger partial charge is 0.220 e. The van der Waals surface area contributed by atoms with Crippen molar-refractivity contribution in [3.63, 3.8) is 0 Å². The molecule has 0 saturated carbocycles. The number of aliphatic hydroxyl groups is 1. The van der Waals surface area contributed by atoms with Crippen molar-refractivity contribution in [2.45, 2.75) is 76.3 Å². The van der Waals surface area contributed by atoms with Crippen molar-refractivity contribution < 1.29 is 24.2 Å². The van der Waals surface area contributed by atoms with Crippen LogP contribution in [0.3, 0.4) is 0 Å². The van der Waals surface area contributed by atoms with Crippen molar-refractivity contribution in [2.75, 3.05) is 12.3 Å². The summed E-state index contributed by atoms with van der Waals surface area (Å²) in [6.07, 6.45) is 3.58. The highest BCUT2D eigenvalue weighted by molar-refractivity contribution is 7.99. The summed E-state index contributed by atoms with van der Waals surface area (Å²) < 4.78 is 13.3. The van der Waals surface area contributed by atoms with Gasteiger partial charge >= 0.3 is 0 Å². The zero-order chi connectivity index (χ0) is 33.0. The summed E-state index contributed by atoms with van der Waals surface area (Å²) in [6.45, 7) is 4.74. The fourth-order valence-corrected chi connectivity index (χ4v) is 6.54. The molecule has 0 radical (unpaired) electrons. The van der Waals surface area contributed by atoms with Crippen molar-refractivity contribution in [2.24, 2.45) is 5.92 Å². The number of nitrogens with one attached hydrogen (secondary N) is 3. The van der Waals surface area contributed by atoms with Crippen molar-refractivity contribution in [3.8, 4) is 11.1 Å². The third-order valence-electron chi connectivity index (χ3n) is 8.26. The molecule has 4 atom stereocenters. The van der Waals surface area contributed by atoms with Gasteiger partial charge in [0, 0.05) is 43.7 Å². The highest BCUT2D eigenvalue weighted by Crippen LogP contribution is 2.43.